The molecule has 0 unspecified atom stereocenters. The van der Waals surface area contributed by atoms with Crippen LogP contribution in [0.3, 0.4) is 0 Å². The van der Waals surface area contributed by atoms with Gasteiger partial charge in [-0.05, 0) is 19.1 Å². The van der Waals surface area contributed by atoms with E-state index in [1.807, 2.05) is 6.92 Å². The summed E-state index contributed by atoms with van der Waals surface area (Å²) in [7, 11) is -3.54. The molecule has 2 aromatic rings. The van der Waals surface area contributed by atoms with Crippen molar-refractivity contribution in [2.45, 2.75) is 17.7 Å². The highest BCUT2D eigenvalue weighted by atomic mass is 32.2. The molecule has 0 bridgehead atoms. The third-order valence-electron chi connectivity index (χ3n) is 2.17. The molecule has 3 N–H and O–H groups in total. The van der Waals surface area contributed by atoms with Crippen molar-refractivity contribution in [2.75, 3.05) is 0 Å². The third-order valence-corrected chi connectivity index (χ3v) is 6.45. The second-order valence-electron chi connectivity index (χ2n) is 3.67. The van der Waals surface area contributed by atoms with Crippen LogP contribution >= 0.6 is 34.9 Å². The molecule has 0 spiro atoms. The zero-order valence-corrected chi connectivity index (χ0v) is 13.2. The van der Waals surface area contributed by atoms with Crippen LogP contribution in [0.25, 0.3) is 0 Å². The maximum atomic E-state index is 12.0. The van der Waals surface area contributed by atoms with Crippen LogP contribution in [0.15, 0.2) is 22.5 Å². The summed E-state index contributed by atoms with van der Waals surface area (Å²) in [5.41, 5.74) is 5.46. The smallest absolute Gasteiger partial charge is 0.250 e. The molecule has 0 atom stereocenters. The van der Waals surface area contributed by atoms with E-state index in [2.05, 4.69) is 9.71 Å². The standard InChI is InChI=1S/C10H11N3O2S4/c1-6-4-12-8(17-6)5-13-19(14,15)9-3-2-7(18-9)10(11)16/h2-4,13H,5H2,1H3,(H2,11,16). The number of aromatic nitrogens is 1. The number of nitrogens with one attached hydrogen (secondary N) is 1. The van der Waals surface area contributed by atoms with Crippen LogP contribution in [0.2, 0.25) is 0 Å². The van der Waals surface area contributed by atoms with Crippen molar-refractivity contribution < 1.29 is 8.42 Å². The first kappa shape index (κ1) is 14.5. The van der Waals surface area contributed by atoms with Crippen molar-refractivity contribution in [3.05, 3.63) is 33.1 Å². The first-order valence-electron chi connectivity index (χ1n) is 5.19. The lowest BCUT2D eigenvalue weighted by Crippen LogP contribution is -2.22. The highest BCUT2D eigenvalue weighted by molar-refractivity contribution is 7.91. The third kappa shape index (κ3) is 3.57. The molecule has 0 amide bonds. The Morgan fingerprint density at radius 2 is 2.21 bits per heavy atom. The fraction of sp³-hybridized carbons (Fsp3) is 0.200. The summed E-state index contributed by atoms with van der Waals surface area (Å²) < 4.78 is 26.8. The van der Waals surface area contributed by atoms with Gasteiger partial charge in [0.1, 0.15) is 14.2 Å². The molecule has 0 saturated heterocycles. The van der Waals surface area contributed by atoms with Gasteiger partial charge in [-0.1, -0.05) is 12.2 Å². The van der Waals surface area contributed by atoms with E-state index in [0.29, 0.717) is 4.88 Å². The number of hydrogen-bond acceptors (Lipinski definition) is 6. The van der Waals surface area contributed by atoms with Gasteiger partial charge in [0.15, 0.2) is 0 Å². The van der Waals surface area contributed by atoms with Gasteiger partial charge in [0.05, 0.1) is 11.4 Å². The molecular weight excluding hydrogens is 322 g/mol. The molecule has 19 heavy (non-hydrogen) atoms. The molecule has 102 valence electrons. The van der Waals surface area contributed by atoms with Gasteiger partial charge in [-0.25, -0.2) is 18.1 Å². The van der Waals surface area contributed by atoms with Crippen LogP contribution in [0.5, 0.6) is 0 Å². The van der Waals surface area contributed by atoms with Gasteiger partial charge in [0.2, 0.25) is 10.0 Å². The predicted octanol–water partition coefficient (Wildman–Crippen LogP) is 1.63. The summed E-state index contributed by atoms with van der Waals surface area (Å²) >= 11 is 7.32. The Balaban J connectivity index is 2.11. The SMILES string of the molecule is Cc1cnc(CNS(=O)(=O)c2ccc(C(N)=S)s2)s1. The van der Waals surface area contributed by atoms with E-state index in [4.69, 9.17) is 18.0 Å². The lowest BCUT2D eigenvalue weighted by Gasteiger charge is -2.01. The normalized spacial score (nSPS) is 11.6. The largest absolute Gasteiger partial charge is 0.389 e. The Morgan fingerprint density at radius 1 is 1.47 bits per heavy atom. The van der Waals surface area contributed by atoms with Crippen LogP contribution in [0.1, 0.15) is 14.8 Å². The van der Waals surface area contributed by atoms with Gasteiger partial charge < -0.3 is 5.73 Å². The van der Waals surface area contributed by atoms with Gasteiger partial charge in [-0.3, -0.25) is 0 Å². The van der Waals surface area contributed by atoms with Crippen LogP contribution in [0, 0.1) is 6.92 Å². The van der Waals surface area contributed by atoms with Crippen molar-refractivity contribution in [3.63, 3.8) is 0 Å². The van der Waals surface area contributed by atoms with Crippen LogP contribution < -0.4 is 10.5 Å². The lowest BCUT2D eigenvalue weighted by atomic mass is 10.5. The quantitative estimate of drug-likeness (QED) is 0.812. The highest BCUT2D eigenvalue weighted by Gasteiger charge is 2.17. The number of nitrogens with two attached hydrogens (primary N) is 1. The summed E-state index contributed by atoms with van der Waals surface area (Å²) in [6.45, 7) is 2.10. The predicted molar refractivity (Wildman–Crippen MR) is 81.1 cm³/mol. The molecule has 2 aromatic heterocycles. The summed E-state index contributed by atoms with van der Waals surface area (Å²) in [6, 6.07) is 3.10. The number of thiazole rings is 1. The molecule has 2 heterocycles. The van der Waals surface area contributed by atoms with E-state index in [1.54, 1.807) is 12.3 Å². The van der Waals surface area contributed by atoms with E-state index in [9.17, 15) is 8.42 Å². The number of thiophene rings is 1. The summed E-state index contributed by atoms with van der Waals surface area (Å²) in [5.74, 6) is 0. The van der Waals surface area contributed by atoms with E-state index in [0.717, 1.165) is 21.2 Å². The van der Waals surface area contributed by atoms with E-state index in [-0.39, 0.29) is 15.7 Å². The molecule has 0 radical (unpaired) electrons. The molecule has 0 aliphatic heterocycles. The van der Waals surface area contributed by atoms with Gasteiger partial charge >= 0.3 is 0 Å². The van der Waals surface area contributed by atoms with Crippen molar-refractivity contribution in [2.24, 2.45) is 5.73 Å². The average molecular weight is 333 g/mol. The van der Waals surface area contributed by atoms with E-state index >= 15 is 0 Å². The van der Waals surface area contributed by atoms with Gasteiger partial charge in [-0.15, -0.1) is 22.7 Å². The fourth-order valence-electron chi connectivity index (χ4n) is 1.31. The number of hydrogen-bond donors (Lipinski definition) is 2. The fourth-order valence-corrected chi connectivity index (χ4v) is 4.51. The summed E-state index contributed by atoms with van der Waals surface area (Å²) in [6.07, 6.45) is 1.71. The number of aryl methyl sites for hydroxylation is 1. The molecule has 2 rings (SSSR count). The zero-order chi connectivity index (χ0) is 14.0. The van der Waals surface area contributed by atoms with Crippen molar-refractivity contribution >= 4 is 49.9 Å². The first-order valence-corrected chi connectivity index (χ1v) is 8.71. The Bertz CT molecular complexity index is 702. The average Bonchev–Trinajstić information content (AvgIpc) is 2.95. The zero-order valence-electron chi connectivity index (χ0n) is 9.91. The van der Waals surface area contributed by atoms with Crippen molar-refractivity contribution in [1.82, 2.24) is 9.71 Å². The second-order valence-corrected chi connectivity index (χ2v) is 8.51. The van der Waals surface area contributed by atoms with Crippen LogP contribution in [-0.4, -0.2) is 18.4 Å². The number of rotatable bonds is 5. The lowest BCUT2D eigenvalue weighted by molar-refractivity contribution is 0.583. The molecule has 0 fully saturated rings. The van der Waals surface area contributed by atoms with Crippen molar-refractivity contribution in [3.8, 4) is 0 Å². The number of nitrogens with zero attached hydrogens (tertiary/aromatic N) is 1. The number of thiocarbonyl (C=S) groups is 1. The molecule has 9 heteroatoms. The Labute approximate surface area is 124 Å². The Morgan fingerprint density at radius 3 is 2.74 bits per heavy atom. The maximum absolute atomic E-state index is 12.0. The Kier molecular flexibility index (Phi) is 4.31. The van der Waals surface area contributed by atoms with Crippen LogP contribution in [0.4, 0.5) is 0 Å². The number of sulfonamides is 1. The summed E-state index contributed by atoms with van der Waals surface area (Å²) in [5, 5.41) is 0.729. The molecule has 0 saturated carbocycles. The van der Waals surface area contributed by atoms with E-state index in [1.165, 1.54) is 17.4 Å². The molecular formula is C10H11N3O2S4. The molecule has 0 aromatic carbocycles. The first-order chi connectivity index (χ1) is 8.88. The van der Waals surface area contributed by atoms with E-state index < -0.39 is 10.0 Å². The Hall–Kier alpha value is -0.870. The maximum Gasteiger partial charge on any atom is 0.250 e. The molecule has 0 aliphatic rings. The molecule has 5 nitrogen and oxygen atoms in total. The van der Waals surface area contributed by atoms with Crippen molar-refractivity contribution in [1.29, 1.82) is 0 Å². The minimum atomic E-state index is -3.54. The molecule has 0 aliphatic carbocycles. The van der Waals surface area contributed by atoms with Gasteiger partial charge in [0, 0.05) is 11.1 Å². The highest BCUT2D eigenvalue weighted by Crippen LogP contribution is 2.21. The second kappa shape index (κ2) is 5.63. The summed E-state index contributed by atoms with van der Waals surface area (Å²) in [4.78, 5) is 5.92. The monoisotopic (exact) mass is 333 g/mol. The topological polar surface area (TPSA) is 85.1 Å². The minimum absolute atomic E-state index is 0.182. The van der Waals surface area contributed by atoms with Gasteiger partial charge in [-0.2, -0.15) is 0 Å². The van der Waals surface area contributed by atoms with Crippen LogP contribution in [-0.2, 0) is 16.6 Å². The van der Waals surface area contributed by atoms with Gasteiger partial charge in [0.25, 0.3) is 0 Å². The minimum Gasteiger partial charge on any atom is -0.389 e.